The topological polar surface area (TPSA) is 90.0 Å². The molecule has 2 bridgehead atoms. The van der Waals surface area contributed by atoms with E-state index in [1.165, 1.54) is 0 Å². The summed E-state index contributed by atoms with van der Waals surface area (Å²) in [7, 11) is 1.87. The van der Waals surface area contributed by atoms with Crippen LogP contribution < -0.4 is 10.2 Å². The molecule has 30 heavy (non-hydrogen) atoms. The highest BCUT2D eigenvalue weighted by Crippen LogP contribution is 2.40. The Morgan fingerprint density at radius 3 is 2.67 bits per heavy atom. The maximum atomic E-state index is 14.0. The first-order valence-electron chi connectivity index (χ1n) is 9.92. The summed E-state index contributed by atoms with van der Waals surface area (Å²) in [5, 5.41) is 20.1. The molecule has 3 atom stereocenters. The lowest BCUT2D eigenvalue weighted by Gasteiger charge is -2.36. The minimum atomic E-state index is -2.64. The number of phenolic OH excluding ortho intramolecular Hbond substituents is 1. The summed E-state index contributed by atoms with van der Waals surface area (Å²) in [5.74, 6) is -1.92. The van der Waals surface area contributed by atoms with Gasteiger partial charge < -0.3 is 15.3 Å². The largest absolute Gasteiger partial charge is 0.507 e. The molecule has 0 spiro atoms. The van der Waals surface area contributed by atoms with E-state index in [0.717, 1.165) is 11.1 Å². The number of benzene rings is 1. The third-order valence-electron chi connectivity index (χ3n) is 6.18. The Labute approximate surface area is 172 Å². The molecule has 2 saturated heterocycles. The molecular formula is C21H22F2N6O. The standard InChI is InChI=1S/C21H22F2N6O/c1-29(15-5-14-7-21(22,23)19(6-15)28-14)20-11-24-17(10-25-20)16-3-2-12(4-18(16)30)13-8-26-27-9-13/h2-4,8-11,14-15,19,28,30H,5-7H2,1H3,(H,26,27)/t14-,15+,19+/m1/s1. The summed E-state index contributed by atoms with van der Waals surface area (Å²) >= 11 is 0. The van der Waals surface area contributed by atoms with Gasteiger partial charge in [0, 0.05) is 42.9 Å². The Kier molecular flexibility index (Phi) is 4.43. The van der Waals surface area contributed by atoms with Crippen LogP contribution in [0.4, 0.5) is 14.6 Å². The molecule has 4 heterocycles. The first kappa shape index (κ1) is 18.9. The zero-order valence-corrected chi connectivity index (χ0v) is 16.4. The number of aromatic amines is 1. The van der Waals surface area contributed by atoms with Crippen LogP contribution in [0.5, 0.6) is 5.75 Å². The van der Waals surface area contributed by atoms with Gasteiger partial charge in [-0.25, -0.2) is 13.8 Å². The van der Waals surface area contributed by atoms with Gasteiger partial charge in [0.1, 0.15) is 11.6 Å². The van der Waals surface area contributed by atoms with Gasteiger partial charge in [-0.15, -0.1) is 0 Å². The summed E-state index contributed by atoms with van der Waals surface area (Å²) in [6.45, 7) is 0. The molecule has 156 valence electrons. The quantitative estimate of drug-likeness (QED) is 0.610. The van der Waals surface area contributed by atoms with Crippen LogP contribution in [-0.2, 0) is 0 Å². The molecular weight excluding hydrogens is 390 g/mol. The van der Waals surface area contributed by atoms with E-state index in [0.29, 0.717) is 29.9 Å². The molecule has 0 saturated carbocycles. The number of piperidine rings is 1. The molecule has 3 N–H and O–H groups in total. The van der Waals surface area contributed by atoms with Crippen molar-refractivity contribution in [2.45, 2.75) is 43.3 Å². The number of nitrogens with zero attached hydrogens (tertiary/aromatic N) is 4. The smallest absolute Gasteiger partial charge is 0.264 e. The number of hydrogen-bond acceptors (Lipinski definition) is 6. The molecule has 3 aromatic rings. The van der Waals surface area contributed by atoms with Crippen LogP contribution in [0.15, 0.2) is 43.0 Å². The van der Waals surface area contributed by atoms with Gasteiger partial charge in [-0.1, -0.05) is 6.07 Å². The molecule has 0 unspecified atom stereocenters. The van der Waals surface area contributed by atoms with Crippen molar-refractivity contribution >= 4 is 5.82 Å². The number of halogens is 2. The van der Waals surface area contributed by atoms with Gasteiger partial charge in [0.15, 0.2) is 0 Å². The number of alkyl halides is 2. The van der Waals surface area contributed by atoms with E-state index in [9.17, 15) is 13.9 Å². The van der Waals surface area contributed by atoms with Gasteiger partial charge in [0.2, 0.25) is 0 Å². The molecule has 2 aromatic heterocycles. The second kappa shape index (κ2) is 7.02. The lowest BCUT2D eigenvalue weighted by molar-refractivity contribution is -0.0128. The second-order valence-corrected chi connectivity index (χ2v) is 8.10. The zero-order chi connectivity index (χ0) is 20.9. The third-order valence-corrected chi connectivity index (χ3v) is 6.18. The number of aromatic nitrogens is 4. The van der Waals surface area contributed by atoms with E-state index in [4.69, 9.17) is 0 Å². The summed E-state index contributed by atoms with van der Waals surface area (Å²) < 4.78 is 28.0. The highest BCUT2D eigenvalue weighted by Gasteiger charge is 2.53. The number of aromatic hydroxyl groups is 1. The summed E-state index contributed by atoms with van der Waals surface area (Å²) in [6, 6.07) is 4.38. The zero-order valence-electron chi connectivity index (χ0n) is 16.4. The van der Waals surface area contributed by atoms with E-state index >= 15 is 0 Å². The van der Waals surface area contributed by atoms with Gasteiger partial charge in [0.05, 0.1) is 30.3 Å². The average molecular weight is 412 g/mol. The Morgan fingerprint density at radius 2 is 2.00 bits per heavy atom. The maximum Gasteiger partial charge on any atom is 0.264 e. The highest BCUT2D eigenvalue weighted by molar-refractivity contribution is 5.73. The van der Waals surface area contributed by atoms with Crippen LogP contribution in [0.1, 0.15) is 19.3 Å². The number of fused-ring (bicyclic) bond motifs is 2. The monoisotopic (exact) mass is 412 g/mol. The fourth-order valence-electron chi connectivity index (χ4n) is 4.51. The van der Waals surface area contributed by atoms with Crippen molar-refractivity contribution in [1.29, 1.82) is 0 Å². The van der Waals surface area contributed by atoms with Crippen LogP contribution in [0, 0.1) is 0 Å². The third kappa shape index (κ3) is 3.28. The Balaban J connectivity index is 1.33. The number of H-pyrrole nitrogens is 1. The SMILES string of the molecule is CN(c1cnc(-c2ccc(-c3cn[nH]c3)cc2O)cn1)[C@H]1C[C@@H]2CC(F)(F)[C@H](C1)N2. The normalized spacial score (nSPS) is 24.7. The molecule has 0 radical (unpaired) electrons. The Bertz CT molecular complexity index is 1040. The lowest BCUT2D eigenvalue weighted by Crippen LogP contribution is -2.49. The van der Waals surface area contributed by atoms with E-state index < -0.39 is 12.0 Å². The number of anilines is 1. The summed E-state index contributed by atoms with van der Waals surface area (Å²) in [5.41, 5.74) is 2.83. The van der Waals surface area contributed by atoms with E-state index in [1.54, 1.807) is 36.9 Å². The van der Waals surface area contributed by atoms with Gasteiger partial charge in [-0.2, -0.15) is 5.10 Å². The summed E-state index contributed by atoms with van der Waals surface area (Å²) in [4.78, 5) is 10.9. The maximum absolute atomic E-state index is 14.0. The van der Waals surface area contributed by atoms with Crippen LogP contribution in [-0.4, -0.2) is 56.4 Å². The Morgan fingerprint density at radius 1 is 1.13 bits per heavy atom. The molecule has 2 fully saturated rings. The molecule has 0 aliphatic carbocycles. The number of phenols is 1. The molecule has 1 aromatic carbocycles. The molecule has 2 aliphatic rings. The van der Waals surface area contributed by atoms with Crippen molar-refractivity contribution in [3.05, 3.63) is 43.0 Å². The molecule has 2 aliphatic heterocycles. The first-order chi connectivity index (χ1) is 14.4. The average Bonchev–Trinajstić information content (AvgIpc) is 3.34. The number of nitrogens with one attached hydrogen (secondary N) is 2. The van der Waals surface area contributed by atoms with Crippen LogP contribution in [0.2, 0.25) is 0 Å². The van der Waals surface area contributed by atoms with Crippen molar-refractivity contribution in [1.82, 2.24) is 25.5 Å². The molecule has 0 amide bonds. The predicted molar refractivity (Wildman–Crippen MR) is 108 cm³/mol. The van der Waals surface area contributed by atoms with E-state index in [1.807, 2.05) is 18.0 Å². The van der Waals surface area contributed by atoms with E-state index in [2.05, 4.69) is 25.5 Å². The van der Waals surface area contributed by atoms with Crippen LogP contribution >= 0.6 is 0 Å². The fourth-order valence-corrected chi connectivity index (χ4v) is 4.51. The van der Waals surface area contributed by atoms with Crippen molar-refractivity contribution in [3.63, 3.8) is 0 Å². The van der Waals surface area contributed by atoms with Gasteiger partial charge in [-0.05, 0) is 30.5 Å². The number of hydrogen-bond donors (Lipinski definition) is 3. The van der Waals surface area contributed by atoms with Crippen molar-refractivity contribution in [2.75, 3.05) is 11.9 Å². The summed E-state index contributed by atoms with van der Waals surface area (Å²) in [6.07, 6.45) is 7.59. The second-order valence-electron chi connectivity index (χ2n) is 8.10. The number of rotatable bonds is 4. The first-order valence-corrected chi connectivity index (χ1v) is 9.92. The van der Waals surface area contributed by atoms with Crippen molar-refractivity contribution in [3.8, 4) is 28.1 Å². The van der Waals surface area contributed by atoms with Crippen LogP contribution in [0.3, 0.4) is 0 Å². The molecule has 5 rings (SSSR count). The highest BCUT2D eigenvalue weighted by atomic mass is 19.3. The van der Waals surface area contributed by atoms with E-state index in [-0.39, 0.29) is 24.3 Å². The van der Waals surface area contributed by atoms with Gasteiger partial charge in [0.25, 0.3) is 5.92 Å². The Hall–Kier alpha value is -3.07. The van der Waals surface area contributed by atoms with Crippen molar-refractivity contribution < 1.29 is 13.9 Å². The van der Waals surface area contributed by atoms with Gasteiger partial charge in [-0.3, -0.25) is 10.1 Å². The van der Waals surface area contributed by atoms with Gasteiger partial charge >= 0.3 is 0 Å². The fraction of sp³-hybridized carbons (Fsp3) is 0.381. The lowest BCUT2D eigenvalue weighted by atomic mass is 9.98. The molecule has 9 heteroatoms. The van der Waals surface area contributed by atoms with Crippen LogP contribution in [0.25, 0.3) is 22.4 Å². The minimum absolute atomic E-state index is 0.0163. The van der Waals surface area contributed by atoms with Crippen molar-refractivity contribution in [2.24, 2.45) is 0 Å². The minimum Gasteiger partial charge on any atom is -0.507 e. The molecule has 7 nitrogen and oxygen atoms in total. The predicted octanol–water partition coefficient (Wildman–Crippen LogP) is 3.20.